The third-order valence-corrected chi connectivity index (χ3v) is 6.23. The molecular weight excluding hydrogens is 366 g/mol. The number of rotatable bonds is 5. The van der Waals surface area contributed by atoms with E-state index in [4.69, 9.17) is 13.9 Å². The molecule has 5 nitrogen and oxygen atoms in total. The number of likely N-dealkylation sites (tertiary alicyclic amines) is 1. The molecule has 1 saturated heterocycles. The second kappa shape index (κ2) is 7.91. The molecule has 29 heavy (non-hydrogen) atoms. The maximum absolute atomic E-state index is 12.3. The van der Waals surface area contributed by atoms with Crippen molar-refractivity contribution in [3.05, 3.63) is 69.1 Å². The van der Waals surface area contributed by atoms with Gasteiger partial charge in [0.25, 0.3) is 0 Å². The number of hydrogen-bond acceptors (Lipinski definition) is 4. The first-order chi connectivity index (χ1) is 14.0. The molecule has 1 aliphatic rings. The minimum absolute atomic E-state index is 0.282. The van der Waals surface area contributed by atoms with E-state index in [0.717, 1.165) is 59.5 Å². The Morgan fingerprint density at radius 2 is 1.93 bits per heavy atom. The molecule has 0 amide bonds. The van der Waals surface area contributed by atoms with E-state index in [1.165, 1.54) is 10.5 Å². The summed E-state index contributed by atoms with van der Waals surface area (Å²) in [5.74, 6) is 1.73. The lowest BCUT2D eigenvalue weighted by Crippen LogP contribution is -3.08. The number of hydrogen-bond donors (Lipinski definition) is 1. The summed E-state index contributed by atoms with van der Waals surface area (Å²) in [6.07, 6.45) is 2.22. The van der Waals surface area contributed by atoms with Gasteiger partial charge < -0.3 is 18.8 Å². The quantitative estimate of drug-likeness (QED) is 0.675. The molecule has 0 saturated carbocycles. The number of quaternary nitrogens is 1. The summed E-state index contributed by atoms with van der Waals surface area (Å²) in [6, 6.07) is 12.1. The van der Waals surface area contributed by atoms with Crippen LogP contribution in [-0.4, -0.2) is 20.8 Å². The highest BCUT2D eigenvalue weighted by Crippen LogP contribution is 2.32. The van der Waals surface area contributed by atoms with Crippen molar-refractivity contribution in [1.29, 1.82) is 0 Å². The molecule has 4 rings (SSSR count). The van der Waals surface area contributed by atoms with Crippen molar-refractivity contribution in [2.75, 3.05) is 20.8 Å². The van der Waals surface area contributed by atoms with Crippen LogP contribution in [0.5, 0.6) is 11.5 Å². The molecule has 2 heterocycles. The van der Waals surface area contributed by atoms with Gasteiger partial charge in [-0.15, -0.1) is 0 Å². The largest absolute Gasteiger partial charge is 0.497 e. The molecule has 0 spiro atoms. The maximum atomic E-state index is 12.3. The Bertz CT molecular complexity index is 1100. The number of benzene rings is 2. The summed E-state index contributed by atoms with van der Waals surface area (Å²) < 4.78 is 16.6. The van der Waals surface area contributed by atoms with Gasteiger partial charge in [-0.1, -0.05) is 12.1 Å². The van der Waals surface area contributed by atoms with Crippen LogP contribution in [0.15, 0.2) is 45.6 Å². The number of methoxy groups -OCH3 is 2. The van der Waals surface area contributed by atoms with Gasteiger partial charge in [0.05, 0.1) is 26.3 Å². The Morgan fingerprint density at radius 3 is 2.69 bits per heavy atom. The first kappa shape index (κ1) is 19.5. The van der Waals surface area contributed by atoms with Crippen LogP contribution in [0.2, 0.25) is 0 Å². The van der Waals surface area contributed by atoms with Gasteiger partial charge in [0.1, 0.15) is 29.7 Å². The number of ether oxygens (including phenoxy) is 2. The maximum Gasteiger partial charge on any atom is 0.336 e. The van der Waals surface area contributed by atoms with E-state index in [2.05, 4.69) is 18.2 Å². The fraction of sp³-hybridized carbons (Fsp3) is 0.375. The van der Waals surface area contributed by atoms with Crippen molar-refractivity contribution in [1.82, 2.24) is 0 Å². The van der Waals surface area contributed by atoms with E-state index in [1.54, 1.807) is 20.3 Å². The molecule has 1 N–H and O–H groups in total. The standard InChI is InChI=1S/C24H27NO4/c1-15-7-9-19-17(12-23(26)29-24(19)16(15)2)14-25-11-5-6-21(25)20-13-18(27-3)8-10-22(20)28-4/h7-10,12-13,21H,5-6,11,14H2,1-4H3/p+1/t21-/m1/s1. The fourth-order valence-corrected chi connectivity index (χ4v) is 4.53. The van der Waals surface area contributed by atoms with Crippen LogP contribution in [-0.2, 0) is 6.54 Å². The SMILES string of the molecule is COc1ccc(OC)c([C@H]2CCC[NH+]2Cc2cc(=O)oc3c(C)c(C)ccc23)c1. The lowest BCUT2D eigenvalue weighted by atomic mass is 10.0. The summed E-state index contributed by atoms with van der Waals surface area (Å²) in [7, 11) is 3.39. The third kappa shape index (κ3) is 3.62. The Labute approximate surface area is 170 Å². The van der Waals surface area contributed by atoms with Gasteiger partial charge in [-0.25, -0.2) is 4.79 Å². The summed E-state index contributed by atoms with van der Waals surface area (Å²) in [6.45, 7) is 5.88. The van der Waals surface area contributed by atoms with Gasteiger partial charge in [-0.3, -0.25) is 0 Å². The third-order valence-electron chi connectivity index (χ3n) is 6.23. The highest BCUT2D eigenvalue weighted by Gasteiger charge is 2.33. The zero-order valence-corrected chi connectivity index (χ0v) is 17.5. The van der Waals surface area contributed by atoms with Crippen molar-refractivity contribution in [2.24, 2.45) is 0 Å². The predicted molar refractivity (Wildman–Crippen MR) is 113 cm³/mol. The van der Waals surface area contributed by atoms with Gasteiger partial charge in [0.2, 0.25) is 0 Å². The van der Waals surface area contributed by atoms with Crippen molar-refractivity contribution in [2.45, 2.75) is 39.3 Å². The van der Waals surface area contributed by atoms with E-state index >= 15 is 0 Å². The van der Waals surface area contributed by atoms with Crippen LogP contribution < -0.4 is 20.0 Å². The van der Waals surface area contributed by atoms with Gasteiger partial charge in [0, 0.05) is 29.9 Å². The summed E-state index contributed by atoms with van der Waals surface area (Å²) in [5, 5.41) is 1.03. The van der Waals surface area contributed by atoms with Crippen LogP contribution in [0.4, 0.5) is 0 Å². The Kier molecular flexibility index (Phi) is 5.33. The van der Waals surface area contributed by atoms with E-state index < -0.39 is 0 Å². The minimum Gasteiger partial charge on any atom is -0.497 e. The Hall–Kier alpha value is -2.79. The molecule has 5 heteroatoms. The van der Waals surface area contributed by atoms with E-state index in [-0.39, 0.29) is 5.63 Å². The molecule has 2 atom stereocenters. The second-order valence-electron chi connectivity index (χ2n) is 7.86. The van der Waals surface area contributed by atoms with Crippen molar-refractivity contribution < 1.29 is 18.8 Å². The highest BCUT2D eigenvalue weighted by molar-refractivity contribution is 5.83. The summed E-state index contributed by atoms with van der Waals surface area (Å²) >= 11 is 0. The van der Waals surface area contributed by atoms with Gasteiger partial charge in [0.15, 0.2) is 0 Å². The van der Waals surface area contributed by atoms with Gasteiger partial charge in [-0.2, -0.15) is 0 Å². The van der Waals surface area contributed by atoms with E-state index in [0.29, 0.717) is 11.6 Å². The molecule has 2 aromatic carbocycles. The molecule has 152 valence electrons. The lowest BCUT2D eigenvalue weighted by Gasteiger charge is -2.24. The molecule has 1 fully saturated rings. The summed E-state index contributed by atoms with van der Waals surface area (Å²) in [4.78, 5) is 13.7. The van der Waals surface area contributed by atoms with Crippen molar-refractivity contribution >= 4 is 11.0 Å². The van der Waals surface area contributed by atoms with Crippen LogP contribution in [0.25, 0.3) is 11.0 Å². The zero-order chi connectivity index (χ0) is 20.5. The number of aryl methyl sites for hydroxylation is 2. The zero-order valence-electron chi connectivity index (χ0n) is 17.5. The average Bonchev–Trinajstić information content (AvgIpc) is 3.18. The molecule has 1 aromatic heterocycles. The van der Waals surface area contributed by atoms with Gasteiger partial charge >= 0.3 is 5.63 Å². The van der Waals surface area contributed by atoms with E-state index in [9.17, 15) is 4.79 Å². The molecule has 0 radical (unpaired) electrons. The molecule has 3 aromatic rings. The first-order valence-corrected chi connectivity index (χ1v) is 10.1. The Balaban J connectivity index is 1.74. The Morgan fingerprint density at radius 1 is 1.10 bits per heavy atom. The monoisotopic (exact) mass is 394 g/mol. The number of fused-ring (bicyclic) bond motifs is 1. The first-order valence-electron chi connectivity index (χ1n) is 10.1. The predicted octanol–water partition coefficient (Wildman–Crippen LogP) is 3.35. The van der Waals surface area contributed by atoms with E-state index in [1.807, 2.05) is 26.0 Å². The van der Waals surface area contributed by atoms with Crippen LogP contribution >= 0.6 is 0 Å². The normalized spacial score (nSPS) is 18.9. The smallest absolute Gasteiger partial charge is 0.336 e. The molecule has 1 unspecified atom stereocenters. The summed E-state index contributed by atoms with van der Waals surface area (Å²) in [5.41, 5.74) is 4.80. The van der Waals surface area contributed by atoms with Crippen LogP contribution in [0.1, 0.15) is 41.1 Å². The van der Waals surface area contributed by atoms with Crippen molar-refractivity contribution in [3.63, 3.8) is 0 Å². The minimum atomic E-state index is -0.282. The molecule has 1 aliphatic heterocycles. The van der Waals surface area contributed by atoms with Crippen LogP contribution in [0.3, 0.4) is 0 Å². The molecular formula is C24H28NO4+. The van der Waals surface area contributed by atoms with Crippen molar-refractivity contribution in [3.8, 4) is 11.5 Å². The fourth-order valence-electron chi connectivity index (χ4n) is 4.53. The van der Waals surface area contributed by atoms with Crippen LogP contribution in [0, 0.1) is 13.8 Å². The molecule has 0 bridgehead atoms. The number of nitrogens with one attached hydrogen (secondary N) is 1. The second-order valence-corrected chi connectivity index (χ2v) is 7.86. The lowest BCUT2D eigenvalue weighted by molar-refractivity contribution is -0.931. The van der Waals surface area contributed by atoms with Gasteiger partial charge in [-0.05, 0) is 43.2 Å². The average molecular weight is 394 g/mol. The molecule has 0 aliphatic carbocycles. The topological polar surface area (TPSA) is 53.1 Å². The highest BCUT2D eigenvalue weighted by atomic mass is 16.5.